The topological polar surface area (TPSA) is 24.1 Å². The summed E-state index contributed by atoms with van der Waals surface area (Å²) >= 11 is 0. The van der Waals surface area contributed by atoms with E-state index in [-0.39, 0.29) is 0 Å². The Morgan fingerprint density at radius 3 is 2.75 bits per heavy atom. The van der Waals surface area contributed by atoms with Crippen LogP contribution >= 0.6 is 0 Å². The van der Waals surface area contributed by atoms with Crippen molar-refractivity contribution in [3.63, 3.8) is 0 Å². The molecule has 1 aliphatic carbocycles. The fourth-order valence-corrected chi connectivity index (χ4v) is 3.01. The molecule has 2 unspecified atom stereocenters. The van der Waals surface area contributed by atoms with E-state index in [0.717, 1.165) is 13.1 Å². The lowest BCUT2D eigenvalue weighted by Crippen LogP contribution is -2.49. The molecule has 0 radical (unpaired) electrons. The van der Waals surface area contributed by atoms with Crippen LogP contribution in [0.25, 0.3) is 0 Å². The summed E-state index contributed by atoms with van der Waals surface area (Å²) in [6.45, 7) is 4.43. The molecule has 2 heteroatoms. The van der Waals surface area contributed by atoms with E-state index in [1.807, 2.05) is 0 Å². The van der Waals surface area contributed by atoms with Gasteiger partial charge in [0, 0.05) is 25.2 Å². The van der Waals surface area contributed by atoms with Gasteiger partial charge in [-0.05, 0) is 42.9 Å². The average molecular weight is 216 g/mol. The normalized spacial score (nSPS) is 29.1. The fourth-order valence-electron chi connectivity index (χ4n) is 3.01. The molecule has 1 aliphatic heterocycles. The Kier molecular flexibility index (Phi) is 2.70. The summed E-state index contributed by atoms with van der Waals surface area (Å²) < 4.78 is 0. The molecule has 0 spiro atoms. The predicted octanol–water partition coefficient (Wildman–Crippen LogP) is 1.80. The van der Waals surface area contributed by atoms with Gasteiger partial charge in [0.15, 0.2) is 0 Å². The molecular formula is C14H20N2. The Morgan fingerprint density at radius 1 is 1.06 bits per heavy atom. The lowest BCUT2D eigenvalue weighted by molar-refractivity contribution is 0.345. The molecule has 0 aromatic heterocycles. The van der Waals surface area contributed by atoms with Crippen molar-refractivity contribution in [2.75, 3.05) is 13.1 Å². The van der Waals surface area contributed by atoms with Crippen LogP contribution in [0.3, 0.4) is 0 Å². The second kappa shape index (κ2) is 4.19. The molecule has 86 valence electrons. The maximum atomic E-state index is 3.61. The summed E-state index contributed by atoms with van der Waals surface area (Å²) in [6.07, 6.45) is 3.89. The Labute approximate surface area is 97.4 Å². The van der Waals surface area contributed by atoms with Gasteiger partial charge >= 0.3 is 0 Å². The molecule has 0 amide bonds. The Morgan fingerprint density at radius 2 is 1.88 bits per heavy atom. The predicted molar refractivity (Wildman–Crippen MR) is 66.7 cm³/mol. The van der Waals surface area contributed by atoms with Crippen LogP contribution in [0.5, 0.6) is 0 Å². The molecule has 0 saturated carbocycles. The van der Waals surface area contributed by atoms with Crippen LogP contribution < -0.4 is 10.6 Å². The van der Waals surface area contributed by atoms with Gasteiger partial charge in [-0.25, -0.2) is 0 Å². The van der Waals surface area contributed by atoms with E-state index in [4.69, 9.17) is 0 Å². The van der Waals surface area contributed by atoms with E-state index in [0.29, 0.717) is 12.1 Å². The maximum absolute atomic E-state index is 3.61. The van der Waals surface area contributed by atoms with E-state index in [2.05, 4.69) is 35.8 Å². The lowest BCUT2D eigenvalue weighted by atomic mass is 9.95. The first kappa shape index (κ1) is 10.3. The van der Waals surface area contributed by atoms with E-state index in [1.165, 1.54) is 24.8 Å². The van der Waals surface area contributed by atoms with E-state index >= 15 is 0 Å². The van der Waals surface area contributed by atoms with Crippen LogP contribution in [0.1, 0.15) is 36.1 Å². The lowest BCUT2D eigenvalue weighted by Gasteiger charge is -2.31. The molecular weight excluding hydrogens is 196 g/mol. The molecule has 1 saturated heterocycles. The first-order chi connectivity index (χ1) is 7.84. The van der Waals surface area contributed by atoms with Gasteiger partial charge in [-0.15, -0.1) is 0 Å². The zero-order chi connectivity index (χ0) is 11.0. The van der Waals surface area contributed by atoms with Gasteiger partial charge in [0.2, 0.25) is 0 Å². The standard InChI is InChI=1S/C14H20N2/c1-10-14(16-8-7-15-10)13-6-5-11-3-2-4-12(11)9-13/h5-6,9-10,14-16H,2-4,7-8H2,1H3. The zero-order valence-electron chi connectivity index (χ0n) is 9.92. The van der Waals surface area contributed by atoms with Crippen molar-refractivity contribution in [1.29, 1.82) is 0 Å². The summed E-state index contributed by atoms with van der Waals surface area (Å²) in [4.78, 5) is 0. The van der Waals surface area contributed by atoms with Gasteiger partial charge in [-0.2, -0.15) is 0 Å². The van der Waals surface area contributed by atoms with Gasteiger partial charge in [0.05, 0.1) is 0 Å². The van der Waals surface area contributed by atoms with Crippen LogP contribution in [-0.4, -0.2) is 19.1 Å². The number of hydrogen-bond donors (Lipinski definition) is 2. The monoisotopic (exact) mass is 216 g/mol. The minimum absolute atomic E-state index is 0.486. The third-order valence-electron chi connectivity index (χ3n) is 3.94. The number of hydrogen-bond acceptors (Lipinski definition) is 2. The Bertz CT molecular complexity index is 386. The first-order valence-corrected chi connectivity index (χ1v) is 6.43. The van der Waals surface area contributed by atoms with Crippen LogP contribution in [0, 0.1) is 0 Å². The van der Waals surface area contributed by atoms with Gasteiger partial charge in [-0.1, -0.05) is 18.2 Å². The third-order valence-corrected chi connectivity index (χ3v) is 3.94. The zero-order valence-corrected chi connectivity index (χ0v) is 9.92. The van der Waals surface area contributed by atoms with Gasteiger partial charge < -0.3 is 10.6 Å². The third kappa shape index (κ3) is 1.76. The van der Waals surface area contributed by atoms with Gasteiger partial charge in [0.1, 0.15) is 0 Å². The smallest absolute Gasteiger partial charge is 0.0473 e. The number of fused-ring (bicyclic) bond motifs is 1. The van der Waals surface area contributed by atoms with Crippen LogP contribution in [-0.2, 0) is 12.8 Å². The molecule has 1 aromatic carbocycles. The summed E-state index contributed by atoms with van der Waals surface area (Å²) in [5, 5.41) is 7.15. The SMILES string of the molecule is CC1NCCNC1c1ccc2c(c1)CCC2. The Balaban J connectivity index is 1.88. The van der Waals surface area contributed by atoms with Crippen molar-refractivity contribution in [2.45, 2.75) is 38.3 Å². The van der Waals surface area contributed by atoms with Crippen molar-refractivity contribution in [1.82, 2.24) is 10.6 Å². The summed E-state index contributed by atoms with van der Waals surface area (Å²) in [5.74, 6) is 0. The number of aryl methyl sites for hydroxylation is 2. The minimum Gasteiger partial charge on any atom is -0.311 e. The van der Waals surface area contributed by atoms with Gasteiger partial charge in [-0.3, -0.25) is 0 Å². The minimum atomic E-state index is 0.486. The molecule has 2 N–H and O–H groups in total. The summed E-state index contributed by atoms with van der Waals surface area (Å²) in [6, 6.07) is 8.09. The molecule has 2 atom stereocenters. The number of nitrogens with one attached hydrogen (secondary N) is 2. The molecule has 1 fully saturated rings. The number of piperazine rings is 1. The molecule has 3 rings (SSSR count). The average Bonchev–Trinajstić information content (AvgIpc) is 2.76. The van der Waals surface area contributed by atoms with E-state index < -0.39 is 0 Å². The highest BCUT2D eigenvalue weighted by molar-refractivity contribution is 5.37. The van der Waals surface area contributed by atoms with E-state index in [9.17, 15) is 0 Å². The molecule has 2 nitrogen and oxygen atoms in total. The second-order valence-corrected chi connectivity index (χ2v) is 5.06. The summed E-state index contributed by atoms with van der Waals surface area (Å²) in [7, 11) is 0. The fraction of sp³-hybridized carbons (Fsp3) is 0.571. The van der Waals surface area contributed by atoms with Gasteiger partial charge in [0.25, 0.3) is 0 Å². The maximum Gasteiger partial charge on any atom is 0.0473 e. The molecule has 1 heterocycles. The van der Waals surface area contributed by atoms with Crippen LogP contribution in [0.15, 0.2) is 18.2 Å². The first-order valence-electron chi connectivity index (χ1n) is 6.43. The molecule has 1 aromatic rings. The Hall–Kier alpha value is -0.860. The van der Waals surface area contributed by atoms with E-state index in [1.54, 1.807) is 11.1 Å². The van der Waals surface area contributed by atoms with Crippen molar-refractivity contribution in [2.24, 2.45) is 0 Å². The molecule has 0 bridgehead atoms. The highest BCUT2D eigenvalue weighted by atomic mass is 15.1. The molecule has 2 aliphatic rings. The van der Waals surface area contributed by atoms with Crippen molar-refractivity contribution >= 4 is 0 Å². The highest BCUT2D eigenvalue weighted by Crippen LogP contribution is 2.27. The number of rotatable bonds is 1. The second-order valence-electron chi connectivity index (χ2n) is 5.06. The van der Waals surface area contributed by atoms with Crippen LogP contribution in [0.4, 0.5) is 0 Å². The van der Waals surface area contributed by atoms with Crippen LogP contribution in [0.2, 0.25) is 0 Å². The summed E-state index contributed by atoms with van der Waals surface area (Å²) in [5.41, 5.74) is 4.61. The number of benzene rings is 1. The largest absolute Gasteiger partial charge is 0.311 e. The quantitative estimate of drug-likeness (QED) is 0.748. The van der Waals surface area contributed by atoms with Crippen molar-refractivity contribution < 1.29 is 0 Å². The highest BCUT2D eigenvalue weighted by Gasteiger charge is 2.23. The van der Waals surface area contributed by atoms with Crippen molar-refractivity contribution in [3.05, 3.63) is 34.9 Å². The molecule has 16 heavy (non-hydrogen) atoms. The van der Waals surface area contributed by atoms with Crippen molar-refractivity contribution in [3.8, 4) is 0 Å².